The van der Waals surface area contributed by atoms with Gasteiger partial charge in [0.15, 0.2) is 0 Å². The average Bonchev–Trinajstić information content (AvgIpc) is 2.62. The Morgan fingerprint density at radius 1 is 1.60 bits per heavy atom. The van der Waals surface area contributed by atoms with Gasteiger partial charge in [0.2, 0.25) is 0 Å². The molecule has 1 aliphatic carbocycles. The van der Waals surface area contributed by atoms with Crippen LogP contribution in [0.15, 0.2) is 0 Å². The first kappa shape index (κ1) is 8.02. The summed E-state index contributed by atoms with van der Waals surface area (Å²) in [5.41, 5.74) is 0. The average molecular weight is 144 g/mol. The molecule has 0 spiro atoms. The number of hydrogen-bond acceptors (Lipinski definition) is 2. The summed E-state index contributed by atoms with van der Waals surface area (Å²) in [6.07, 6.45) is 1.64. The fourth-order valence-corrected chi connectivity index (χ4v) is 1.29. The van der Waals surface area contributed by atoms with Crippen molar-refractivity contribution in [2.24, 2.45) is 11.8 Å². The number of aliphatic hydroxyl groups is 1. The van der Waals surface area contributed by atoms with Gasteiger partial charge in [-0.05, 0) is 18.3 Å². The summed E-state index contributed by atoms with van der Waals surface area (Å²) in [4.78, 5) is 0. The van der Waals surface area contributed by atoms with Gasteiger partial charge in [-0.15, -0.1) is 0 Å². The first-order valence-corrected chi connectivity index (χ1v) is 3.98. The van der Waals surface area contributed by atoms with Gasteiger partial charge in [-0.25, -0.2) is 0 Å². The van der Waals surface area contributed by atoms with Gasteiger partial charge in [0.05, 0.1) is 19.3 Å². The molecule has 60 valence electrons. The Hall–Kier alpha value is -0.0800. The van der Waals surface area contributed by atoms with Crippen molar-refractivity contribution in [1.82, 2.24) is 0 Å². The summed E-state index contributed by atoms with van der Waals surface area (Å²) < 4.78 is 5.33. The summed E-state index contributed by atoms with van der Waals surface area (Å²) in [7, 11) is 0. The fourth-order valence-electron chi connectivity index (χ4n) is 1.29. The lowest BCUT2D eigenvalue weighted by Gasteiger charge is -2.02. The Bertz CT molecular complexity index is 101. The summed E-state index contributed by atoms with van der Waals surface area (Å²) in [5.74, 6) is 1.50. The zero-order valence-electron chi connectivity index (χ0n) is 6.71. The number of hydrogen-bond donors (Lipinski definition) is 1. The predicted molar refractivity (Wildman–Crippen MR) is 39.8 cm³/mol. The van der Waals surface area contributed by atoms with E-state index in [1.54, 1.807) is 0 Å². The molecule has 1 N–H and O–H groups in total. The van der Waals surface area contributed by atoms with Crippen molar-refractivity contribution >= 4 is 0 Å². The molecule has 0 aromatic heterocycles. The fraction of sp³-hybridized carbons (Fsp3) is 1.00. The predicted octanol–water partition coefficient (Wildman–Crippen LogP) is 1.04. The zero-order chi connectivity index (χ0) is 7.56. The highest BCUT2D eigenvalue weighted by molar-refractivity contribution is 4.89. The summed E-state index contributed by atoms with van der Waals surface area (Å²) >= 11 is 0. The van der Waals surface area contributed by atoms with E-state index in [0.29, 0.717) is 12.7 Å². The van der Waals surface area contributed by atoms with Gasteiger partial charge in [0.1, 0.15) is 0 Å². The summed E-state index contributed by atoms with van der Waals surface area (Å²) in [5, 5.41) is 8.44. The minimum Gasteiger partial charge on any atom is -0.394 e. The van der Waals surface area contributed by atoms with Crippen LogP contribution >= 0.6 is 0 Å². The van der Waals surface area contributed by atoms with E-state index in [1.165, 1.54) is 6.42 Å². The molecule has 0 bridgehead atoms. The van der Waals surface area contributed by atoms with Gasteiger partial charge in [-0.2, -0.15) is 0 Å². The molecule has 0 aromatic rings. The van der Waals surface area contributed by atoms with Crippen LogP contribution in [0.5, 0.6) is 0 Å². The molecular formula is C8H16O2. The molecule has 1 saturated carbocycles. The maximum atomic E-state index is 8.44. The molecule has 0 aromatic carbocycles. The molecule has 2 atom stereocenters. The van der Waals surface area contributed by atoms with Crippen molar-refractivity contribution in [3.8, 4) is 0 Å². The monoisotopic (exact) mass is 144 g/mol. The largest absolute Gasteiger partial charge is 0.394 e. The van der Waals surface area contributed by atoms with E-state index < -0.39 is 0 Å². The van der Waals surface area contributed by atoms with Crippen LogP contribution in [-0.2, 0) is 4.74 Å². The zero-order valence-corrected chi connectivity index (χ0v) is 6.71. The Labute approximate surface area is 62.2 Å². The van der Waals surface area contributed by atoms with Crippen LogP contribution in [0.3, 0.4) is 0 Å². The Balaban J connectivity index is 2.02. The maximum Gasteiger partial charge on any atom is 0.0701 e. The van der Waals surface area contributed by atoms with E-state index in [-0.39, 0.29) is 6.61 Å². The third-order valence-electron chi connectivity index (χ3n) is 2.06. The molecule has 0 aliphatic heterocycles. The third-order valence-corrected chi connectivity index (χ3v) is 2.06. The lowest BCUT2D eigenvalue weighted by molar-refractivity contribution is 0.0691. The van der Waals surface area contributed by atoms with Crippen molar-refractivity contribution in [1.29, 1.82) is 0 Å². The molecule has 0 heterocycles. The van der Waals surface area contributed by atoms with E-state index in [1.807, 2.05) is 0 Å². The molecule has 2 heteroatoms. The van der Waals surface area contributed by atoms with Gasteiger partial charge in [-0.1, -0.05) is 13.8 Å². The second-order valence-electron chi connectivity index (χ2n) is 3.28. The van der Waals surface area contributed by atoms with Crippen LogP contribution in [-0.4, -0.2) is 24.4 Å². The van der Waals surface area contributed by atoms with Gasteiger partial charge < -0.3 is 9.84 Å². The van der Waals surface area contributed by atoms with Gasteiger partial charge in [-0.3, -0.25) is 0 Å². The molecule has 2 nitrogen and oxygen atoms in total. The molecule has 1 fully saturated rings. The molecule has 0 amide bonds. The minimum atomic E-state index is 0.154. The first-order valence-electron chi connectivity index (χ1n) is 3.98. The van der Waals surface area contributed by atoms with Crippen LogP contribution in [0.2, 0.25) is 0 Å². The van der Waals surface area contributed by atoms with Crippen LogP contribution in [0, 0.1) is 11.8 Å². The first-order chi connectivity index (χ1) is 4.75. The van der Waals surface area contributed by atoms with E-state index in [9.17, 15) is 0 Å². The molecule has 1 aliphatic rings. The van der Waals surface area contributed by atoms with Gasteiger partial charge >= 0.3 is 0 Å². The van der Waals surface area contributed by atoms with Crippen molar-refractivity contribution < 1.29 is 9.84 Å². The molecule has 1 rings (SSSR count). The molecule has 0 saturated heterocycles. The number of rotatable bonds is 4. The quantitative estimate of drug-likeness (QED) is 0.638. The van der Waals surface area contributed by atoms with Crippen molar-refractivity contribution in [2.45, 2.75) is 26.4 Å². The van der Waals surface area contributed by atoms with Gasteiger partial charge in [0, 0.05) is 0 Å². The third kappa shape index (κ3) is 1.96. The second-order valence-corrected chi connectivity index (χ2v) is 3.28. The maximum absolute atomic E-state index is 8.44. The molecule has 0 radical (unpaired) electrons. The lowest BCUT2D eigenvalue weighted by Crippen LogP contribution is -2.05. The van der Waals surface area contributed by atoms with E-state index in [2.05, 4.69) is 13.8 Å². The Morgan fingerprint density at radius 3 is 2.70 bits per heavy atom. The van der Waals surface area contributed by atoms with Crippen LogP contribution in [0.1, 0.15) is 20.3 Å². The highest BCUT2D eigenvalue weighted by Gasteiger charge is 2.39. The summed E-state index contributed by atoms with van der Waals surface area (Å²) in [6.45, 7) is 5.09. The van der Waals surface area contributed by atoms with Crippen molar-refractivity contribution in [2.75, 3.05) is 13.2 Å². The highest BCUT2D eigenvalue weighted by Crippen LogP contribution is 2.39. The molecule has 10 heavy (non-hydrogen) atoms. The minimum absolute atomic E-state index is 0.154. The Morgan fingerprint density at radius 2 is 2.30 bits per heavy atom. The van der Waals surface area contributed by atoms with Crippen LogP contribution in [0.4, 0.5) is 0 Å². The standard InChI is InChI=1S/C8H16O2/c1-6(2)7-5-8(7)10-4-3-9/h6-9H,3-5H2,1-2H3/t7-,8-/m1/s1. The second kappa shape index (κ2) is 3.35. The van der Waals surface area contributed by atoms with E-state index in [4.69, 9.17) is 9.84 Å². The van der Waals surface area contributed by atoms with Crippen LogP contribution < -0.4 is 0 Å². The molecule has 0 unspecified atom stereocenters. The topological polar surface area (TPSA) is 29.5 Å². The van der Waals surface area contributed by atoms with Gasteiger partial charge in [0.25, 0.3) is 0 Å². The SMILES string of the molecule is CC(C)[C@H]1C[C@H]1OCCO. The highest BCUT2D eigenvalue weighted by atomic mass is 16.5. The van der Waals surface area contributed by atoms with Crippen LogP contribution in [0.25, 0.3) is 0 Å². The van der Waals surface area contributed by atoms with E-state index >= 15 is 0 Å². The molecular weight excluding hydrogens is 128 g/mol. The number of aliphatic hydroxyl groups excluding tert-OH is 1. The normalized spacial score (nSPS) is 31.2. The van der Waals surface area contributed by atoms with E-state index in [0.717, 1.165) is 11.8 Å². The van der Waals surface area contributed by atoms with Crippen molar-refractivity contribution in [3.63, 3.8) is 0 Å². The summed E-state index contributed by atoms with van der Waals surface area (Å²) in [6, 6.07) is 0. The number of ether oxygens (including phenoxy) is 1. The smallest absolute Gasteiger partial charge is 0.0701 e. The lowest BCUT2D eigenvalue weighted by atomic mass is 10.1. The van der Waals surface area contributed by atoms with Crippen molar-refractivity contribution in [3.05, 3.63) is 0 Å². The Kier molecular flexibility index (Phi) is 2.69.